The van der Waals surface area contributed by atoms with Gasteiger partial charge in [-0.2, -0.15) is 0 Å². The Kier molecular flexibility index (Phi) is 5.22. The molecule has 3 nitrogen and oxygen atoms in total. The van der Waals surface area contributed by atoms with Gasteiger partial charge in [0.05, 0.1) is 0 Å². The van der Waals surface area contributed by atoms with Gasteiger partial charge >= 0.3 is 0 Å². The van der Waals surface area contributed by atoms with E-state index in [9.17, 15) is 13.6 Å². The second-order valence-corrected chi connectivity index (χ2v) is 4.45. The topological polar surface area (TPSA) is 55.1 Å². The van der Waals surface area contributed by atoms with Crippen LogP contribution in [0.1, 0.15) is 25.3 Å². The number of nitrogens with two attached hydrogens (primary N) is 1. The molecule has 2 unspecified atom stereocenters. The van der Waals surface area contributed by atoms with E-state index in [1.807, 2.05) is 0 Å². The zero-order valence-corrected chi connectivity index (χ0v) is 10.5. The molecule has 0 spiro atoms. The van der Waals surface area contributed by atoms with E-state index in [-0.39, 0.29) is 24.3 Å². The van der Waals surface area contributed by atoms with Gasteiger partial charge in [-0.3, -0.25) is 4.79 Å². The molecule has 0 aliphatic heterocycles. The summed E-state index contributed by atoms with van der Waals surface area (Å²) in [6.45, 7) is 4.05. The van der Waals surface area contributed by atoms with Gasteiger partial charge in [-0.05, 0) is 11.6 Å². The lowest BCUT2D eigenvalue weighted by atomic mass is 10.00. The minimum absolute atomic E-state index is 0.160. The number of hydrogen-bond acceptors (Lipinski definition) is 2. The highest BCUT2D eigenvalue weighted by molar-refractivity contribution is 5.78. The third-order valence-electron chi connectivity index (χ3n) is 2.88. The fourth-order valence-corrected chi connectivity index (χ4v) is 1.55. The molecule has 0 bridgehead atoms. The molecule has 0 aromatic heterocycles. The number of benzene rings is 1. The fraction of sp³-hybridized carbons (Fsp3) is 0.462. The number of rotatable bonds is 5. The maximum Gasteiger partial charge on any atom is 0.224 e. The third kappa shape index (κ3) is 3.77. The van der Waals surface area contributed by atoms with E-state index >= 15 is 0 Å². The van der Waals surface area contributed by atoms with Gasteiger partial charge in [-0.25, -0.2) is 8.78 Å². The zero-order valence-electron chi connectivity index (χ0n) is 10.5. The summed E-state index contributed by atoms with van der Waals surface area (Å²) >= 11 is 0. The van der Waals surface area contributed by atoms with Crippen molar-refractivity contribution < 1.29 is 13.6 Å². The lowest BCUT2D eigenvalue weighted by Gasteiger charge is -2.16. The molecule has 0 saturated heterocycles. The van der Waals surface area contributed by atoms with Crippen LogP contribution in [0.15, 0.2) is 18.2 Å². The minimum Gasteiger partial charge on any atom is -0.355 e. The van der Waals surface area contributed by atoms with E-state index in [0.29, 0.717) is 12.1 Å². The van der Waals surface area contributed by atoms with E-state index in [4.69, 9.17) is 5.73 Å². The Labute approximate surface area is 105 Å². The monoisotopic (exact) mass is 256 g/mol. The number of amides is 1. The van der Waals surface area contributed by atoms with Gasteiger partial charge in [0.15, 0.2) is 0 Å². The molecule has 1 amide bonds. The van der Waals surface area contributed by atoms with Crippen molar-refractivity contribution in [1.82, 2.24) is 5.32 Å². The SMILES string of the molecule is CC(CN)C(=O)NCC(C)c1ccc(F)cc1F. The summed E-state index contributed by atoms with van der Waals surface area (Å²) < 4.78 is 26.2. The molecular formula is C13H18F2N2O. The van der Waals surface area contributed by atoms with Gasteiger partial charge in [0, 0.05) is 31.0 Å². The molecule has 1 aromatic carbocycles. The number of nitrogens with one attached hydrogen (secondary N) is 1. The van der Waals surface area contributed by atoms with Crippen LogP contribution in [0.4, 0.5) is 8.78 Å². The van der Waals surface area contributed by atoms with Crippen molar-refractivity contribution >= 4 is 5.91 Å². The number of hydrogen-bond donors (Lipinski definition) is 2. The van der Waals surface area contributed by atoms with Crippen LogP contribution in [-0.4, -0.2) is 19.0 Å². The third-order valence-corrected chi connectivity index (χ3v) is 2.88. The average molecular weight is 256 g/mol. The smallest absolute Gasteiger partial charge is 0.224 e. The molecule has 2 atom stereocenters. The first-order valence-corrected chi connectivity index (χ1v) is 5.88. The number of carbonyl (C=O) groups is 1. The Balaban J connectivity index is 2.60. The van der Waals surface area contributed by atoms with Crippen LogP contribution in [0.2, 0.25) is 0 Å². The van der Waals surface area contributed by atoms with Crippen LogP contribution in [0.25, 0.3) is 0 Å². The Hall–Kier alpha value is -1.49. The highest BCUT2D eigenvalue weighted by atomic mass is 19.1. The van der Waals surface area contributed by atoms with Gasteiger partial charge in [-0.15, -0.1) is 0 Å². The van der Waals surface area contributed by atoms with Crippen molar-refractivity contribution in [3.8, 4) is 0 Å². The van der Waals surface area contributed by atoms with Crippen LogP contribution < -0.4 is 11.1 Å². The van der Waals surface area contributed by atoms with Gasteiger partial charge in [0.1, 0.15) is 11.6 Å². The second-order valence-electron chi connectivity index (χ2n) is 4.45. The maximum absolute atomic E-state index is 13.5. The molecular weight excluding hydrogens is 238 g/mol. The minimum atomic E-state index is -0.607. The highest BCUT2D eigenvalue weighted by Crippen LogP contribution is 2.19. The summed E-state index contributed by atoms with van der Waals surface area (Å²) in [6.07, 6.45) is 0. The molecule has 0 heterocycles. The summed E-state index contributed by atoms with van der Waals surface area (Å²) in [4.78, 5) is 11.5. The van der Waals surface area contributed by atoms with Gasteiger partial charge in [-0.1, -0.05) is 19.9 Å². The highest BCUT2D eigenvalue weighted by Gasteiger charge is 2.15. The molecule has 18 heavy (non-hydrogen) atoms. The molecule has 5 heteroatoms. The summed E-state index contributed by atoms with van der Waals surface area (Å²) in [5.74, 6) is -1.85. The fourth-order valence-electron chi connectivity index (χ4n) is 1.55. The van der Waals surface area contributed by atoms with Crippen LogP contribution >= 0.6 is 0 Å². The van der Waals surface area contributed by atoms with Crippen LogP contribution in [0, 0.1) is 17.6 Å². The first-order chi connectivity index (χ1) is 8.45. The molecule has 0 aliphatic rings. The summed E-state index contributed by atoms with van der Waals surface area (Å²) in [7, 11) is 0. The van der Waals surface area contributed by atoms with Crippen molar-refractivity contribution in [2.24, 2.45) is 11.7 Å². The molecule has 0 radical (unpaired) electrons. The first kappa shape index (κ1) is 14.6. The van der Waals surface area contributed by atoms with Crippen molar-refractivity contribution in [2.75, 3.05) is 13.1 Å². The number of carbonyl (C=O) groups excluding carboxylic acids is 1. The van der Waals surface area contributed by atoms with Crippen LogP contribution in [0.3, 0.4) is 0 Å². The van der Waals surface area contributed by atoms with E-state index in [1.54, 1.807) is 13.8 Å². The normalized spacial score (nSPS) is 14.1. The molecule has 3 N–H and O–H groups in total. The van der Waals surface area contributed by atoms with Crippen molar-refractivity contribution in [3.63, 3.8) is 0 Å². The van der Waals surface area contributed by atoms with Crippen molar-refractivity contribution in [3.05, 3.63) is 35.4 Å². The van der Waals surface area contributed by atoms with Crippen LogP contribution in [-0.2, 0) is 4.79 Å². The van der Waals surface area contributed by atoms with Crippen LogP contribution in [0.5, 0.6) is 0 Å². The Morgan fingerprint density at radius 2 is 2.06 bits per heavy atom. The first-order valence-electron chi connectivity index (χ1n) is 5.88. The molecule has 0 saturated carbocycles. The number of halogens is 2. The predicted molar refractivity (Wildman–Crippen MR) is 66.0 cm³/mol. The summed E-state index contributed by atoms with van der Waals surface area (Å²) in [6, 6.07) is 3.45. The lowest BCUT2D eigenvalue weighted by molar-refractivity contribution is -0.124. The quantitative estimate of drug-likeness (QED) is 0.843. The summed E-state index contributed by atoms with van der Waals surface area (Å²) in [5, 5.41) is 2.69. The lowest BCUT2D eigenvalue weighted by Crippen LogP contribution is -2.35. The Morgan fingerprint density at radius 1 is 1.39 bits per heavy atom. The zero-order chi connectivity index (χ0) is 13.7. The van der Waals surface area contributed by atoms with E-state index in [0.717, 1.165) is 6.07 Å². The Bertz CT molecular complexity index is 423. The molecule has 0 aliphatic carbocycles. The van der Waals surface area contributed by atoms with E-state index in [2.05, 4.69) is 5.32 Å². The van der Waals surface area contributed by atoms with Gasteiger partial charge in [0.2, 0.25) is 5.91 Å². The Morgan fingerprint density at radius 3 is 2.61 bits per heavy atom. The summed E-state index contributed by atoms with van der Waals surface area (Å²) in [5.41, 5.74) is 5.75. The van der Waals surface area contributed by atoms with Crippen molar-refractivity contribution in [1.29, 1.82) is 0 Å². The maximum atomic E-state index is 13.5. The van der Waals surface area contributed by atoms with Gasteiger partial charge in [0.25, 0.3) is 0 Å². The molecule has 1 aromatic rings. The molecule has 1 rings (SSSR count). The van der Waals surface area contributed by atoms with Gasteiger partial charge < -0.3 is 11.1 Å². The van der Waals surface area contributed by atoms with E-state index in [1.165, 1.54) is 12.1 Å². The second kappa shape index (κ2) is 6.44. The largest absolute Gasteiger partial charge is 0.355 e. The predicted octanol–water partition coefficient (Wildman–Crippen LogP) is 1.78. The standard InChI is InChI=1S/C13H18F2N2O/c1-8(6-16)13(18)17-7-9(2)11-4-3-10(14)5-12(11)15/h3-5,8-9H,6-7,16H2,1-2H3,(H,17,18). The average Bonchev–Trinajstić information content (AvgIpc) is 2.34. The molecule has 100 valence electrons. The van der Waals surface area contributed by atoms with E-state index < -0.39 is 11.6 Å². The molecule has 0 fully saturated rings. The van der Waals surface area contributed by atoms with Crippen molar-refractivity contribution in [2.45, 2.75) is 19.8 Å².